The number of rotatable bonds is 1. The number of likely N-dealkylation sites (N-methyl/N-ethyl adjacent to an activating group) is 1. The zero-order valence-corrected chi connectivity index (χ0v) is 13.2. The molecular weight excluding hydrogens is 262 g/mol. The van der Waals surface area contributed by atoms with Crippen molar-refractivity contribution in [1.82, 2.24) is 15.1 Å². The van der Waals surface area contributed by atoms with Crippen LogP contribution in [0.4, 0.5) is 0 Å². The lowest BCUT2D eigenvalue weighted by molar-refractivity contribution is 0.0414. The highest BCUT2D eigenvalue weighted by Crippen LogP contribution is 2.20. The smallest absolute Gasteiger partial charge is 0.253 e. The van der Waals surface area contributed by atoms with Crippen molar-refractivity contribution < 1.29 is 4.79 Å². The van der Waals surface area contributed by atoms with Crippen LogP contribution in [0.15, 0.2) is 18.2 Å². The minimum Gasteiger partial charge on any atom is -0.336 e. The number of fused-ring (bicyclic) bond motifs is 1. The number of carbonyl (C=O) groups is 1. The zero-order chi connectivity index (χ0) is 15.0. The topological polar surface area (TPSA) is 35.6 Å². The highest BCUT2D eigenvalue weighted by Gasteiger charge is 2.30. The molecule has 0 saturated carbocycles. The summed E-state index contributed by atoms with van der Waals surface area (Å²) in [5, 5.41) is 3.37. The third kappa shape index (κ3) is 2.83. The molecule has 1 aromatic carbocycles. The van der Waals surface area contributed by atoms with Crippen LogP contribution in [0.25, 0.3) is 0 Å². The van der Waals surface area contributed by atoms with Crippen molar-refractivity contribution in [3.8, 4) is 0 Å². The number of hydrogen-bond donors (Lipinski definition) is 1. The lowest BCUT2D eigenvalue weighted by Crippen LogP contribution is -2.56. The monoisotopic (exact) mass is 287 g/mol. The van der Waals surface area contributed by atoms with Crippen molar-refractivity contribution in [1.29, 1.82) is 0 Å². The number of amides is 1. The number of hydrogen-bond acceptors (Lipinski definition) is 3. The molecule has 1 fully saturated rings. The summed E-state index contributed by atoms with van der Waals surface area (Å²) in [6.07, 6.45) is 1.06. The van der Waals surface area contributed by atoms with E-state index in [0.717, 1.165) is 38.2 Å². The molecule has 2 heterocycles. The fourth-order valence-electron chi connectivity index (χ4n) is 3.37. The molecule has 2 unspecified atom stereocenters. The van der Waals surface area contributed by atoms with Gasteiger partial charge in [0.25, 0.3) is 5.91 Å². The summed E-state index contributed by atoms with van der Waals surface area (Å²) in [5.74, 6) is 0.176. The van der Waals surface area contributed by atoms with Gasteiger partial charge in [0, 0.05) is 37.3 Å². The average Bonchev–Trinajstić information content (AvgIpc) is 2.51. The molecule has 2 atom stereocenters. The maximum atomic E-state index is 12.8. The van der Waals surface area contributed by atoms with E-state index in [-0.39, 0.29) is 5.91 Å². The first-order valence-electron chi connectivity index (χ1n) is 7.90. The van der Waals surface area contributed by atoms with Crippen molar-refractivity contribution in [3.63, 3.8) is 0 Å². The molecule has 0 aromatic heterocycles. The Morgan fingerprint density at radius 2 is 1.90 bits per heavy atom. The van der Waals surface area contributed by atoms with E-state index in [9.17, 15) is 4.79 Å². The Morgan fingerprint density at radius 1 is 1.19 bits per heavy atom. The molecule has 0 radical (unpaired) electrons. The molecule has 1 saturated heterocycles. The lowest BCUT2D eigenvalue weighted by Gasteiger charge is -2.42. The normalized spacial score (nSPS) is 26.5. The fourth-order valence-corrected chi connectivity index (χ4v) is 3.37. The van der Waals surface area contributed by atoms with E-state index in [0.29, 0.717) is 12.1 Å². The molecule has 1 amide bonds. The minimum absolute atomic E-state index is 0.176. The Morgan fingerprint density at radius 3 is 2.62 bits per heavy atom. The van der Waals surface area contributed by atoms with Gasteiger partial charge in [-0.15, -0.1) is 0 Å². The number of carbonyl (C=O) groups excluding carboxylic acids is 1. The Hall–Kier alpha value is -1.39. The zero-order valence-electron chi connectivity index (χ0n) is 13.2. The van der Waals surface area contributed by atoms with Crippen LogP contribution in [0.5, 0.6) is 0 Å². The maximum absolute atomic E-state index is 12.8. The van der Waals surface area contributed by atoms with E-state index >= 15 is 0 Å². The summed E-state index contributed by atoms with van der Waals surface area (Å²) < 4.78 is 0. The molecule has 4 heteroatoms. The number of nitrogens with one attached hydrogen (secondary N) is 1. The average molecular weight is 287 g/mol. The largest absolute Gasteiger partial charge is 0.336 e. The van der Waals surface area contributed by atoms with Gasteiger partial charge in [-0.1, -0.05) is 6.07 Å². The molecule has 0 aliphatic carbocycles. The predicted molar refractivity (Wildman–Crippen MR) is 84.4 cm³/mol. The van der Waals surface area contributed by atoms with Gasteiger partial charge in [0.1, 0.15) is 0 Å². The highest BCUT2D eigenvalue weighted by molar-refractivity contribution is 5.94. The van der Waals surface area contributed by atoms with Crippen molar-refractivity contribution >= 4 is 5.91 Å². The second-order valence-corrected chi connectivity index (χ2v) is 6.48. The molecular formula is C17H25N3O. The van der Waals surface area contributed by atoms with E-state index in [4.69, 9.17) is 0 Å². The van der Waals surface area contributed by atoms with Gasteiger partial charge in [-0.05, 0) is 57.1 Å². The summed E-state index contributed by atoms with van der Waals surface area (Å²) in [5.41, 5.74) is 3.49. The predicted octanol–water partition coefficient (Wildman–Crippen LogP) is 1.50. The molecule has 21 heavy (non-hydrogen) atoms. The number of piperazine rings is 1. The van der Waals surface area contributed by atoms with Crippen molar-refractivity contribution in [2.45, 2.75) is 38.9 Å². The van der Waals surface area contributed by atoms with Crippen LogP contribution >= 0.6 is 0 Å². The van der Waals surface area contributed by atoms with Crippen LogP contribution in [0, 0.1) is 0 Å². The second-order valence-electron chi connectivity index (χ2n) is 6.48. The van der Waals surface area contributed by atoms with Crippen LogP contribution in [-0.2, 0) is 13.0 Å². The second kappa shape index (κ2) is 5.78. The molecule has 0 spiro atoms. The summed E-state index contributed by atoms with van der Waals surface area (Å²) >= 11 is 0. The first-order chi connectivity index (χ1) is 10.1. The SMILES string of the molecule is CC1CN(C(=O)c2ccc3c(c2)CNCC3)CC(C)N1C. The first-order valence-corrected chi connectivity index (χ1v) is 7.90. The Kier molecular flexibility index (Phi) is 4.00. The quantitative estimate of drug-likeness (QED) is 0.850. The summed E-state index contributed by atoms with van der Waals surface area (Å²) in [6.45, 7) is 7.92. The van der Waals surface area contributed by atoms with E-state index in [1.807, 2.05) is 11.0 Å². The third-order valence-electron chi connectivity index (χ3n) is 4.99. The van der Waals surface area contributed by atoms with E-state index in [2.05, 4.69) is 43.2 Å². The fraction of sp³-hybridized carbons (Fsp3) is 0.588. The first kappa shape index (κ1) is 14.5. The number of benzene rings is 1. The van der Waals surface area contributed by atoms with Crippen LogP contribution in [0.3, 0.4) is 0 Å². The molecule has 2 aliphatic heterocycles. The molecule has 1 N–H and O–H groups in total. The molecule has 3 rings (SSSR count). The van der Waals surface area contributed by atoms with Crippen LogP contribution < -0.4 is 5.32 Å². The van der Waals surface area contributed by atoms with Gasteiger partial charge in [0.15, 0.2) is 0 Å². The minimum atomic E-state index is 0.176. The van der Waals surface area contributed by atoms with Gasteiger partial charge in [-0.3, -0.25) is 9.69 Å². The molecule has 4 nitrogen and oxygen atoms in total. The molecule has 2 aliphatic rings. The third-order valence-corrected chi connectivity index (χ3v) is 4.99. The van der Waals surface area contributed by atoms with E-state index in [1.54, 1.807) is 0 Å². The van der Waals surface area contributed by atoms with Gasteiger partial charge in [0.05, 0.1) is 0 Å². The standard InChI is InChI=1S/C17H25N3O/c1-12-10-20(11-13(2)19(12)3)17(21)15-5-4-14-6-7-18-9-16(14)8-15/h4-5,8,12-13,18H,6-7,9-11H2,1-3H3. The van der Waals surface area contributed by atoms with Gasteiger partial charge in [-0.25, -0.2) is 0 Å². The summed E-state index contributed by atoms with van der Waals surface area (Å²) in [7, 11) is 2.14. The molecule has 0 bridgehead atoms. The van der Waals surface area contributed by atoms with Gasteiger partial charge in [-0.2, -0.15) is 0 Å². The van der Waals surface area contributed by atoms with E-state index < -0.39 is 0 Å². The number of nitrogens with zero attached hydrogens (tertiary/aromatic N) is 2. The van der Waals surface area contributed by atoms with Gasteiger partial charge >= 0.3 is 0 Å². The van der Waals surface area contributed by atoms with Crippen molar-refractivity contribution in [2.24, 2.45) is 0 Å². The van der Waals surface area contributed by atoms with Crippen LogP contribution in [0.2, 0.25) is 0 Å². The van der Waals surface area contributed by atoms with Crippen molar-refractivity contribution in [3.05, 3.63) is 34.9 Å². The summed E-state index contributed by atoms with van der Waals surface area (Å²) in [4.78, 5) is 17.1. The van der Waals surface area contributed by atoms with Crippen molar-refractivity contribution in [2.75, 3.05) is 26.7 Å². The molecule has 114 valence electrons. The van der Waals surface area contributed by atoms with Gasteiger partial charge in [0.2, 0.25) is 0 Å². The highest BCUT2D eigenvalue weighted by atomic mass is 16.2. The van der Waals surface area contributed by atoms with E-state index in [1.165, 1.54) is 11.1 Å². The Balaban J connectivity index is 1.79. The van der Waals surface area contributed by atoms with Crippen LogP contribution in [-0.4, -0.2) is 54.5 Å². The lowest BCUT2D eigenvalue weighted by atomic mass is 9.97. The molecule has 1 aromatic rings. The Labute approximate surface area is 127 Å². The maximum Gasteiger partial charge on any atom is 0.253 e. The summed E-state index contributed by atoms with van der Waals surface area (Å²) in [6, 6.07) is 7.04. The van der Waals surface area contributed by atoms with Gasteiger partial charge < -0.3 is 10.2 Å². The Bertz CT molecular complexity index is 531. The van der Waals surface area contributed by atoms with Crippen LogP contribution in [0.1, 0.15) is 35.3 Å².